The lowest BCUT2D eigenvalue weighted by atomic mass is 10.2. The zero-order chi connectivity index (χ0) is 17.8. The molecule has 2 heterocycles. The van der Waals surface area contributed by atoms with E-state index in [2.05, 4.69) is 20.7 Å². The smallest absolute Gasteiger partial charge is 0.264 e. The van der Waals surface area contributed by atoms with Gasteiger partial charge in [-0.15, -0.1) is 21.5 Å². The molecule has 0 radical (unpaired) electrons. The first-order valence-corrected chi connectivity index (χ1v) is 9.78. The predicted octanol–water partition coefficient (Wildman–Crippen LogP) is 4.49. The summed E-state index contributed by atoms with van der Waals surface area (Å²) in [5, 5.41) is 16.0. The Labute approximate surface area is 163 Å². The first-order chi connectivity index (χ1) is 12.0. The fourth-order valence-electron chi connectivity index (χ4n) is 1.90. The number of nitrogens with two attached hydrogens (primary N) is 1. The van der Waals surface area contributed by atoms with Gasteiger partial charge >= 0.3 is 0 Å². The van der Waals surface area contributed by atoms with Crippen molar-refractivity contribution >= 4 is 58.0 Å². The number of hydrazone groups is 1. The van der Waals surface area contributed by atoms with Gasteiger partial charge in [-0.3, -0.25) is 0 Å². The number of nitrogens with zero attached hydrogens (tertiary/aromatic N) is 4. The van der Waals surface area contributed by atoms with Gasteiger partial charge in [-0.2, -0.15) is 5.10 Å². The zero-order valence-corrected chi connectivity index (χ0v) is 16.3. The number of aromatic nitrogens is 3. The van der Waals surface area contributed by atoms with Crippen LogP contribution in [0.5, 0.6) is 0 Å². The van der Waals surface area contributed by atoms with Crippen molar-refractivity contribution in [1.82, 2.24) is 14.9 Å². The topological polar surface area (TPSA) is 81.1 Å². The second-order valence-corrected chi connectivity index (χ2v) is 7.70. The van der Waals surface area contributed by atoms with Crippen LogP contribution in [0.2, 0.25) is 10.0 Å². The van der Waals surface area contributed by atoms with Crippen molar-refractivity contribution < 1.29 is 0 Å². The SMILES string of the molecule is C/C(=N\Nc1nnc(SCc2ccc(Cl)c(Cl)c2)n1N)c1cccs1. The van der Waals surface area contributed by atoms with E-state index in [0.717, 1.165) is 16.2 Å². The van der Waals surface area contributed by atoms with Gasteiger partial charge in [0, 0.05) is 10.6 Å². The summed E-state index contributed by atoms with van der Waals surface area (Å²) < 4.78 is 1.37. The van der Waals surface area contributed by atoms with Crippen molar-refractivity contribution in [2.75, 3.05) is 11.3 Å². The van der Waals surface area contributed by atoms with E-state index >= 15 is 0 Å². The minimum atomic E-state index is 0.368. The first kappa shape index (κ1) is 18.1. The van der Waals surface area contributed by atoms with Crippen LogP contribution < -0.4 is 11.3 Å². The van der Waals surface area contributed by atoms with Gasteiger partial charge in [-0.05, 0) is 36.1 Å². The molecule has 0 bridgehead atoms. The number of halogens is 2. The van der Waals surface area contributed by atoms with Crippen LogP contribution in [-0.2, 0) is 5.75 Å². The van der Waals surface area contributed by atoms with Crippen LogP contribution in [0.1, 0.15) is 17.4 Å². The molecular formula is C15H14Cl2N6S2. The summed E-state index contributed by atoms with van der Waals surface area (Å²) in [5.74, 6) is 7.03. The van der Waals surface area contributed by atoms with Gasteiger partial charge in [0.15, 0.2) is 0 Å². The molecule has 0 amide bonds. The molecule has 130 valence electrons. The molecule has 0 fully saturated rings. The maximum atomic E-state index is 6.02. The minimum absolute atomic E-state index is 0.368. The van der Waals surface area contributed by atoms with Crippen molar-refractivity contribution in [1.29, 1.82) is 0 Å². The lowest BCUT2D eigenvalue weighted by Gasteiger charge is -2.04. The molecule has 3 aromatic rings. The Balaban J connectivity index is 1.64. The van der Waals surface area contributed by atoms with Crippen molar-refractivity contribution in [3.05, 3.63) is 56.2 Å². The van der Waals surface area contributed by atoms with E-state index in [9.17, 15) is 0 Å². The van der Waals surface area contributed by atoms with Gasteiger partial charge in [0.25, 0.3) is 5.95 Å². The quantitative estimate of drug-likeness (QED) is 0.269. The number of nitrogen functional groups attached to an aromatic ring is 1. The standard InChI is InChI=1S/C15H14Cl2N6S2/c1-9(13-3-2-6-24-13)19-20-14-21-22-15(23(14)18)25-8-10-4-5-11(16)12(17)7-10/h2-7H,8,18H2,1H3,(H,20,21)/b19-9+. The first-order valence-electron chi connectivity index (χ1n) is 7.16. The molecule has 1 aromatic carbocycles. The van der Waals surface area contributed by atoms with Crippen molar-refractivity contribution in [3.8, 4) is 0 Å². The molecule has 25 heavy (non-hydrogen) atoms. The number of hydrogen-bond donors (Lipinski definition) is 2. The van der Waals surface area contributed by atoms with Crippen molar-refractivity contribution in [3.63, 3.8) is 0 Å². The number of rotatable bonds is 6. The molecular weight excluding hydrogens is 399 g/mol. The second-order valence-electron chi connectivity index (χ2n) is 5.00. The van der Waals surface area contributed by atoms with Crippen molar-refractivity contribution in [2.45, 2.75) is 17.8 Å². The van der Waals surface area contributed by atoms with Gasteiger partial charge in [0.05, 0.1) is 15.8 Å². The average Bonchev–Trinajstić information content (AvgIpc) is 3.24. The van der Waals surface area contributed by atoms with Crippen LogP contribution in [0.25, 0.3) is 0 Å². The fourth-order valence-corrected chi connectivity index (χ4v) is 3.70. The Morgan fingerprint density at radius 1 is 1.32 bits per heavy atom. The summed E-state index contributed by atoms with van der Waals surface area (Å²) in [4.78, 5) is 1.07. The maximum Gasteiger partial charge on any atom is 0.264 e. The van der Waals surface area contributed by atoms with Crippen LogP contribution >= 0.6 is 46.3 Å². The molecule has 6 nitrogen and oxygen atoms in total. The highest BCUT2D eigenvalue weighted by atomic mass is 35.5. The summed E-state index contributed by atoms with van der Waals surface area (Å²) in [6, 6.07) is 9.47. The monoisotopic (exact) mass is 412 g/mol. The summed E-state index contributed by atoms with van der Waals surface area (Å²) in [5.41, 5.74) is 4.71. The van der Waals surface area contributed by atoms with Gasteiger partial charge in [0.2, 0.25) is 5.16 Å². The van der Waals surface area contributed by atoms with E-state index in [-0.39, 0.29) is 0 Å². The van der Waals surface area contributed by atoms with Crippen LogP contribution in [0.3, 0.4) is 0 Å². The van der Waals surface area contributed by atoms with E-state index < -0.39 is 0 Å². The van der Waals surface area contributed by atoms with E-state index in [4.69, 9.17) is 29.0 Å². The maximum absolute atomic E-state index is 6.02. The number of anilines is 1. The number of benzene rings is 1. The number of thiophene rings is 1. The van der Waals surface area contributed by atoms with E-state index in [1.54, 1.807) is 17.4 Å². The van der Waals surface area contributed by atoms with Crippen LogP contribution in [0, 0.1) is 0 Å². The minimum Gasteiger partial charge on any atom is -0.334 e. The van der Waals surface area contributed by atoms with Crippen LogP contribution in [-0.4, -0.2) is 20.6 Å². The molecule has 0 saturated carbocycles. The normalized spacial score (nSPS) is 11.7. The summed E-state index contributed by atoms with van der Waals surface area (Å²) in [6.07, 6.45) is 0. The molecule has 0 atom stereocenters. The van der Waals surface area contributed by atoms with Gasteiger partial charge in [-0.25, -0.2) is 10.1 Å². The molecule has 0 spiro atoms. The Kier molecular flexibility index (Phi) is 5.85. The van der Waals surface area contributed by atoms with Crippen LogP contribution in [0.4, 0.5) is 5.95 Å². The molecule has 3 rings (SSSR count). The molecule has 10 heteroatoms. The Bertz CT molecular complexity index is 892. The lowest BCUT2D eigenvalue weighted by molar-refractivity contribution is 0.846. The molecule has 0 aliphatic rings. The Morgan fingerprint density at radius 2 is 2.16 bits per heavy atom. The van der Waals surface area contributed by atoms with Gasteiger partial charge in [0.1, 0.15) is 0 Å². The zero-order valence-electron chi connectivity index (χ0n) is 13.1. The third-order valence-corrected chi connectivity index (χ3v) is 5.95. The van der Waals surface area contributed by atoms with Gasteiger partial charge in [-0.1, -0.05) is 47.1 Å². The highest BCUT2D eigenvalue weighted by molar-refractivity contribution is 7.98. The molecule has 0 aliphatic heterocycles. The van der Waals surface area contributed by atoms with Crippen LogP contribution in [0.15, 0.2) is 46.0 Å². The lowest BCUT2D eigenvalue weighted by Crippen LogP contribution is -2.13. The second kappa shape index (κ2) is 8.09. The summed E-state index contributed by atoms with van der Waals surface area (Å²) in [7, 11) is 0. The molecule has 3 N–H and O–H groups in total. The van der Waals surface area contributed by atoms with E-state index in [1.807, 2.05) is 36.6 Å². The third-order valence-electron chi connectivity index (χ3n) is 3.22. The number of nitrogens with one attached hydrogen (secondary N) is 1. The number of hydrogen-bond acceptors (Lipinski definition) is 7. The summed E-state index contributed by atoms with van der Waals surface area (Å²) >= 11 is 15.0. The molecule has 0 aliphatic carbocycles. The molecule has 0 saturated heterocycles. The third kappa shape index (κ3) is 4.46. The molecule has 0 unspecified atom stereocenters. The fraction of sp³-hybridized carbons (Fsp3) is 0.133. The number of thioether (sulfide) groups is 1. The van der Waals surface area contributed by atoms with E-state index in [0.29, 0.717) is 26.9 Å². The van der Waals surface area contributed by atoms with Crippen molar-refractivity contribution in [2.24, 2.45) is 5.10 Å². The van der Waals surface area contributed by atoms with E-state index in [1.165, 1.54) is 16.4 Å². The highest BCUT2D eigenvalue weighted by Crippen LogP contribution is 2.27. The Hall–Kier alpha value is -1.74. The predicted molar refractivity (Wildman–Crippen MR) is 106 cm³/mol. The average molecular weight is 413 g/mol. The van der Waals surface area contributed by atoms with Gasteiger partial charge < -0.3 is 5.84 Å². The Morgan fingerprint density at radius 3 is 2.88 bits per heavy atom. The highest BCUT2D eigenvalue weighted by Gasteiger charge is 2.11. The molecule has 2 aromatic heterocycles. The largest absolute Gasteiger partial charge is 0.334 e. The summed E-state index contributed by atoms with van der Waals surface area (Å²) in [6.45, 7) is 1.91.